The van der Waals surface area contributed by atoms with Gasteiger partial charge in [0.15, 0.2) is 0 Å². The Kier molecular flexibility index (Phi) is 6.29. The first-order valence-corrected chi connectivity index (χ1v) is 8.64. The predicted octanol–water partition coefficient (Wildman–Crippen LogP) is 3.38. The van der Waals surface area contributed by atoms with E-state index in [1.807, 2.05) is 30.3 Å². The van der Waals surface area contributed by atoms with E-state index in [4.69, 9.17) is 0 Å². The van der Waals surface area contributed by atoms with Crippen molar-refractivity contribution in [2.24, 2.45) is 0 Å². The molecule has 0 aliphatic heterocycles. The summed E-state index contributed by atoms with van der Waals surface area (Å²) in [6.45, 7) is 4.33. The molecule has 3 atom stereocenters. The third-order valence-electron chi connectivity index (χ3n) is 3.41. The first kappa shape index (κ1) is 16.1. The Bertz CT molecular complexity index is 504. The number of rotatable bonds is 8. The Labute approximate surface area is 129 Å². The molecule has 0 amide bonds. The van der Waals surface area contributed by atoms with Crippen molar-refractivity contribution in [3.63, 3.8) is 0 Å². The molecule has 0 aliphatic carbocycles. The zero-order valence-corrected chi connectivity index (χ0v) is 13.4. The van der Waals surface area contributed by atoms with Crippen molar-refractivity contribution in [1.29, 1.82) is 0 Å². The number of H-pyrrole nitrogens is 1. The van der Waals surface area contributed by atoms with Crippen LogP contribution in [0.4, 0.5) is 0 Å². The summed E-state index contributed by atoms with van der Waals surface area (Å²) in [4.78, 5) is 7.09. The molecule has 0 saturated carbocycles. The highest BCUT2D eigenvalue weighted by atomic mass is 32.2. The lowest BCUT2D eigenvalue weighted by atomic mass is 10.1. The highest BCUT2D eigenvalue weighted by Crippen LogP contribution is 2.25. The lowest BCUT2D eigenvalue weighted by molar-refractivity contribution is 0.467. The minimum Gasteiger partial charge on any atom is -0.607 e. The number of benzene rings is 1. The molecular weight excluding hydrogens is 282 g/mol. The van der Waals surface area contributed by atoms with E-state index < -0.39 is 11.2 Å². The summed E-state index contributed by atoms with van der Waals surface area (Å²) in [6, 6.07) is 10.2. The first-order valence-electron chi connectivity index (χ1n) is 7.43. The van der Waals surface area contributed by atoms with Crippen LogP contribution < -0.4 is 5.32 Å². The van der Waals surface area contributed by atoms with Crippen LogP contribution in [0.3, 0.4) is 0 Å². The minimum absolute atomic E-state index is 0.246. The Hall–Kier alpha value is -1.30. The molecular formula is C16H23N3OS. The monoisotopic (exact) mass is 305 g/mol. The van der Waals surface area contributed by atoms with Crippen LogP contribution in [0, 0.1) is 0 Å². The Morgan fingerprint density at radius 2 is 2.10 bits per heavy atom. The fourth-order valence-corrected chi connectivity index (χ4v) is 3.57. The molecule has 0 saturated heterocycles. The van der Waals surface area contributed by atoms with Crippen LogP contribution in [-0.2, 0) is 11.2 Å². The maximum absolute atomic E-state index is 12.8. The van der Waals surface area contributed by atoms with Crippen LogP contribution >= 0.6 is 0 Å². The predicted molar refractivity (Wildman–Crippen MR) is 86.3 cm³/mol. The van der Waals surface area contributed by atoms with Gasteiger partial charge in [0.05, 0.1) is 0 Å². The topological polar surface area (TPSA) is 63.8 Å². The maximum atomic E-state index is 12.8. The number of aromatic nitrogens is 2. The fourth-order valence-electron chi connectivity index (χ4n) is 2.23. The van der Waals surface area contributed by atoms with E-state index >= 15 is 0 Å². The molecule has 0 aliphatic rings. The fraction of sp³-hybridized carbons (Fsp3) is 0.438. The van der Waals surface area contributed by atoms with E-state index in [2.05, 4.69) is 29.1 Å². The maximum Gasteiger partial charge on any atom is 0.322 e. The molecule has 0 fully saturated rings. The van der Waals surface area contributed by atoms with Gasteiger partial charge in [0.25, 0.3) is 0 Å². The summed E-state index contributed by atoms with van der Waals surface area (Å²) in [5.74, 6) is 0. The lowest BCUT2D eigenvalue weighted by Gasteiger charge is -2.24. The van der Waals surface area contributed by atoms with E-state index in [-0.39, 0.29) is 5.37 Å². The third-order valence-corrected chi connectivity index (χ3v) is 4.85. The molecule has 0 spiro atoms. The van der Waals surface area contributed by atoms with Crippen molar-refractivity contribution in [2.75, 3.05) is 0 Å². The number of hydrogen-bond acceptors (Lipinski definition) is 3. The van der Waals surface area contributed by atoms with Gasteiger partial charge in [0, 0.05) is 35.2 Å². The number of hydrogen-bond donors (Lipinski definition) is 2. The molecule has 0 bridgehead atoms. The number of imidazole rings is 1. The normalized spacial score (nSPS) is 15.6. The molecule has 2 aromatic rings. The highest BCUT2D eigenvalue weighted by molar-refractivity contribution is 7.91. The average molecular weight is 305 g/mol. The van der Waals surface area contributed by atoms with Gasteiger partial charge in [-0.1, -0.05) is 50.1 Å². The van der Waals surface area contributed by atoms with E-state index in [1.54, 1.807) is 12.4 Å². The molecule has 114 valence electrons. The van der Waals surface area contributed by atoms with Gasteiger partial charge < -0.3 is 9.54 Å². The van der Waals surface area contributed by atoms with E-state index in [0.29, 0.717) is 11.2 Å². The molecule has 2 rings (SSSR count). The molecule has 21 heavy (non-hydrogen) atoms. The van der Waals surface area contributed by atoms with Gasteiger partial charge in [-0.25, -0.2) is 0 Å². The number of aromatic amines is 1. The smallest absolute Gasteiger partial charge is 0.322 e. The van der Waals surface area contributed by atoms with Crippen molar-refractivity contribution < 1.29 is 4.55 Å². The molecule has 0 radical (unpaired) electrons. The second-order valence-electron chi connectivity index (χ2n) is 5.19. The van der Waals surface area contributed by atoms with Crippen LogP contribution in [0.15, 0.2) is 47.9 Å². The minimum atomic E-state index is -1.24. The van der Waals surface area contributed by atoms with Gasteiger partial charge in [-0.2, -0.15) is 4.98 Å². The van der Waals surface area contributed by atoms with Crippen LogP contribution in [0.1, 0.15) is 44.0 Å². The van der Waals surface area contributed by atoms with Crippen molar-refractivity contribution in [1.82, 2.24) is 15.3 Å². The van der Waals surface area contributed by atoms with Crippen LogP contribution in [0.5, 0.6) is 0 Å². The van der Waals surface area contributed by atoms with E-state index in [1.165, 1.54) is 12.8 Å². The third kappa shape index (κ3) is 4.59. The Morgan fingerprint density at radius 1 is 1.33 bits per heavy atom. The summed E-state index contributed by atoms with van der Waals surface area (Å²) < 4.78 is 12.8. The highest BCUT2D eigenvalue weighted by Gasteiger charge is 2.29. The number of nitrogens with zero attached hydrogens (tertiary/aromatic N) is 1. The standard InChI is InChI=1S/C16H23N3OS/c1-3-4-8-13(2)19-15(14-9-6-5-7-10-14)21(20)16-17-11-12-18-16/h5-7,9-13,15,19H,3-4,8H2,1-2H3,(H,17,18). The zero-order valence-electron chi connectivity index (χ0n) is 12.6. The van der Waals surface area contributed by atoms with Crippen LogP contribution in [0.2, 0.25) is 0 Å². The van der Waals surface area contributed by atoms with Crippen molar-refractivity contribution in [3.8, 4) is 0 Å². The summed E-state index contributed by atoms with van der Waals surface area (Å²) in [5.41, 5.74) is 1.02. The number of nitrogens with one attached hydrogen (secondary N) is 2. The van der Waals surface area contributed by atoms with Gasteiger partial charge in [-0.15, -0.1) is 0 Å². The second kappa shape index (κ2) is 8.22. The van der Waals surface area contributed by atoms with Gasteiger partial charge in [-0.05, 0) is 13.3 Å². The molecule has 4 nitrogen and oxygen atoms in total. The van der Waals surface area contributed by atoms with Gasteiger partial charge in [0.1, 0.15) is 0 Å². The molecule has 5 heteroatoms. The van der Waals surface area contributed by atoms with E-state index in [0.717, 1.165) is 12.0 Å². The molecule has 3 unspecified atom stereocenters. The summed E-state index contributed by atoms with van der Waals surface area (Å²) in [6.07, 6.45) is 6.76. The lowest BCUT2D eigenvalue weighted by Crippen LogP contribution is -2.35. The van der Waals surface area contributed by atoms with Crippen LogP contribution in [0.25, 0.3) is 0 Å². The molecule has 2 N–H and O–H groups in total. The molecule has 1 aromatic heterocycles. The average Bonchev–Trinajstić information content (AvgIpc) is 3.05. The van der Waals surface area contributed by atoms with Gasteiger partial charge in [-0.3, -0.25) is 5.32 Å². The van der Waals surface area contributed by atoms with Crippen molar-refractivity contribution in [2.45, 2.75) is 49.7 Å². The summed E-state index contributed by atoms with van der Waals surface area (Å²) >= 11 is -1.24. The summed E-state index contributed by atoms with van der Waals surface area (Å²) in [5, 5.41) is 3.76. The zero-order chi connectivity index (χ0) is 15.1. The Morgan fingerprint density at radius 3 is 2.71 bits per heavy atom. The van der Waals surface area contributed by atoms with Gasteiger partial charge in [0.2, 0.25) is 5.37 Å². The first-order chi connectivity index (χ1) is 10.2. The van der Waals surface area contributed by atoms with E-state index in [9.17, 15) is 4.55 Å². The number of unbranched alkanes of at least 4 members (excludes halogenated alkanes) is 1. The van der Waals surface area contributed by atoms with Crippen molar-refractivity contribution >= 4 is 11.2 Å². The second-order valence-corrected chi connectivity index (χ2v) is 6.65. The van der Waals surface area contributed by atoms with Gasteiger partial charge >= 0.3 is 5.16 Å². The van der Waals surface area contributed by atoms with Crippen LogP contribution in [-0.4, -0.2) is 20.6 Å². The van der Waals surface area contributed by atoms with Crippen molar-refractivity contribution in [3.05, 3.63) is 48.3 Å². The largest absolute Gasteiger partial charge is 0.607 e. The Balaban J connectivity index is 2.14. The SMILES string of the molecule is CCCCC(C)NC(c1ccccc1)[S+]([O-])c1ncc[nH]1. The molecule has 1 aromatic carbocycles. The molecule has 1 heterocycles. The quantitative estimate of drug-likeness (QED) is 0.735. The summed E-state index contributed by atoms with van der Waals surface area (Å²) in [7, 11) is 0.